The first kappa shape index (κ1) is 19.7. The van der Waals surface area contributed by atoms with Crippen LogP contribution in [-0.2, 0) is 24.7 Å². The van der Waals surface area contributed by atoms with Crippen LogP contribution in [-0.4, -0.2) is 28.2 Å². The molecule has 2 aliphatic heterocycles. The Balaban J connectivity index is 1.64. The molecule has 1 aromatic heterocycles. The molecule has 0 saturated heterocycles. The fourth-order valence-electron chi connectivity index (χ4n) is 4.65. The van der Waals surface area contributed by atoms with Gasteiger partial charge in [-0.15, -0.1) is 0 Å². The lowest BCUT2D eigenvalue weighted by Gasteiger charge is -2.36. The molecule has 1 atom stereocenters. The topological polar surface area (TPSA) is 50.2 Å². The number of anilines is 3. The number of hydrogen-bond donors (Lipinski definition) is 1. The van der Waals surface area contributed by atoms with Crippen LogP contribution < -0.4 is 10.2 Å². The quantitative estimate of drug-likeness (QED) is 0.643. The molecular weight excluding hydrogens is 398 g/mol. The number of fused-ring (bicyclic) bond motifs is 2. The van der Waals surface area contributed by atoms with Crippen molar-refractivity contribution in [3.63, 3.8) is 0 Å². The van der Waals surface area contributed by atoms with Gasteiger partial charge in [0, 0.05) is 43.0 Å². The van der Waals surface area contributed by atoms with Crippen molar-refractivity contribution in [3.05, 3.63) is 59.4 Å². The maximum Gasteiger partial charge on any atom is 0.264 e. The van der Waals surface area contributed by atoms with Crippen LogP contribution >= 0.6 is 0 Å². The molecule has 31 heavy (non-hydrogen) atoms. The van der Waals surface area contributed by atoms with E-state index in [4.69, 9.17) is 0 Å². The molecule has 0 bridgehead atoms. The summed E-state index contributed by atoms with van der Waals surface area (Å²) in [6.07, 6.45) is 2.95. The summed E-state index contributed by atoms with van der Waals surface area (Å²) < 4.78 is 29.8. The third-order valence-electron chi connectivity index (χ3n) is 6.25. The maximum absolute atomic E-state index is 14.1. The molecule has 0 amide bonds. The number of carbonyl (C=O) groups excluding carboxylic acids is 1. The van der Waals surface area contributed by atoms with Crippen LogP contribution in [0.15, 0.2) is 42.7 Å². The minimum absolute atomic E-state index is 0.0138. The number of ketones is 1. The van der Waals surface area contributed by atoms with E-state index >= 15 is 0 Å². The average Bonchev–Trinajstić information content (AvgIpc) is 3.19. The highest BCUT2D eigenvalue weighted by atomic mass is 19.3. The lowest BCUT2D eigenvalue weighted by Crippen LogP contribution is -2.34. The second-order valence-corrected chi connectivity index (χ2v) is 8.35. The first-order valence-electron chi connectivity index (χ1n) is 10.5. The van der Waals surface area contributed by atoms with Gasteiger partial charge in [-0.2, -0.15) is 5.10 Å². The average molecular weight is 422 g/mol. The zero-order valence-corrected chi connectivity index (χ0v) is 17.5. The van der Waals surface area contributed by atoms with Crippen LogP contribution in [0.3, 0.4) is 0 Å². The second kappa shape index (κ2) is 7.48. The van der Waals surface area contributed by atoms with Gasteiger partial charge in [0.2, 0.25) is 0 Å². The minimum Gasteiger partial charge on any atom is -0.374 e. The molecule has 3 aromatic rings. The third-order valence-corrected chi connectivity index (χ3v) is 6.25. The number of nitrogens with one attached hydrogen (secondary N) is 1. The Morgan fingerprint density at radius 3 is 2.77 bits per heavy atom. The maximum atomic E-state index is 14.1. The number of nitrogens with zero attached hydrogens (tertiary/aromatic N) is 3. The van der Waals surface area contributed by atoms with Crippen LogP contribution in [0, 0.1) is 0 Å². The van der Waals surface area contributed by atoms with Gasteiger partial charge in [0.25, 0.3) is 6.43 Å². The van der Waals surface area contributed by atoms with Gasteiger partial charge in [0.15, 0.2) is 5.78 Å². The number of aryl methyl sites for hydroxylation is 2. The number of para-hydroxylation sites is 1. The highest BCUT2D eigenvalue weighted by Gasteiger charge is 2.29. The standard InChI is InChI=1S/C24H24F2N4O/c1-14-22(31)10-16-5-3-7-20(23(16)28-14)30-8-4-6-15-9-18(17-12-27-29(2)13-17)19(24(25)26)11-21(15)30/h3,5,7,9,11-14,24,28H,4,6,8,10H2,1-2H3/t14-/m1/s1. The molecule has 5 rings (SSSR count). The van der Waals surface area contributed by atoms with Gasteiger partial charge in [-0.25, -0.2) is 8.78 Å². The van der Waals surface area contributed by atoms with Gasteiger partial charge in [0.1, 0.15) is 0 Å². The number of aromatic nitrogens is 2. The summed E-state index contributed by atoms with van der Waals surface area (Å²) in [7, 11) is 1.78. The first-order chi connectivity index (χ1) is 14.9. The van der Waals surface area contributed by atoms with Crippen LogP contribution in [0.1, 0.15) is 36.5 Å². The van der Waals surface area contributed by atoms with Crippen molar-refractivity contribution in [3.8, 4) is 11.1 Å². The first-order valence-corrected chi connectivity index (χ1v) is 10.5. The molecule has 5 nitrogen and oxygen atoms in total. The molecule has 0 unspecified atom stereocenters. The Kier molecular flexibility index (Phi) is 4.76. The monoisotopic (exact) mass is 422 g/mol. The molecule has 2 aliphatic rings. The van der Waals surface area contributed by atoms with E-state index in [1.165, 1.54) is 0 Å². The van der Waals surface area contributed by atoms with E-state index in [0.29, 0.717) is 17.5 Å². The summed E-state index contributed by atoms with van der Waals surface area (Å²) in [4.78, 5) is 14.3. The molecule has 7 heteroatoms. The number of halogens is 2. The van der Waals surface area contributed by atoms with Gasteiger partial charge in [0.05, 0.1) is 23.6 Å². The van der Waals surface area contributed by atoms with Crippen molar-refractivity contribution in [2.45, 2.75) is 38.7 Å². The number of hydrogen-bond acceptors (Lipinski definition) is 4. The summed E-state index contributed by atoms with van der Waals surface area (Å²) in [6, 6.07) is 9.16. The molecule has 0 fully saturated rings. The number of benzene rings is 2. The van der Waals surface area contributed by atoms with Gasteiger partial charge in [-0.1, -0.05) is 12.1 Å². The fraction of sp³-hybridized carbons (Fsp3) is 0.333. The van der Waals surface area contributed by atoms with Gasteiger partial charge in [-0.3, -0.25) is 9.48 Å². The summed E-state index contributed by atoms with van der Waals surface area (Å²) in [5, 5.41) is 7.49. The Morgan fingerprint density at radius 2 is 2.03 bits per heavy atom. The lowest BCUT2D eigenvalue weighted by atomic mass is 9.91. The van der Waals surface area contributed by atoms with E-state index < -0.39 is 6.43 Å². The normalized spacial score (nSPS) is 18.0. The minimum atomic E-state index is -2.59. The molecule has 1 N–H and O–H groups in total. The van der Waals surface area contributed by atoms with Crippen molar-refractivity contribution in [2.24, 2.45) is 7.05 Å². The van der Waals surface area contributed by atoms with E-state index in [1.807, 2.05) is 31.2 Å². The fourth-order valence-corrected chi connectivity index (χ4v) is 4.65. The van der Waals surface area contributed by atoms with E-state index in [9.17, 15) is 13.6 Å². The van der Waals surface area contributed by atoms with Crippen molar-refractivity contribution in [1.29, 1.82) is 0 Å². The molecule has 0 spiro atoms. The van der Waals surface area contributed by atoms with Gasteiger partial charge >= 0.3 is 0 Å². The molecule has 3 heterocycles. The Hall–Kier alpha value is -3.22. The molecular formula is C24H24F2N4O. The Bertz CT molecular complexity index is 1170. The van der Waals surface area contributed by atoms with E-state index in [0.717, 1.165) is 47.6 Å². The van der Waals surface area contributed by atoms with Gasteiger partial charge < -0.3 is 10.2 Å². The van der Waals surface area contributed by atoms with E-state index in [1.54, 1.807) is 30.2 Å². The van der Waals surface area contributed by atoms with Crippen molar-refractivity contribution >= 4 is 22.8 Å². The summed E-state index contributed by atoms with van der Waals surface area (Å²) in [5.41, 5.74) is 5.93. The highest BCUT2D eigenvalue weighted by Crippen LogP contribution is 2.44. The third kappa shape index (κ3) is 3.38. The van der Waals surface area contributed by atoms with Crippen molar-refractivity contribution in [1.82, 2.24) is 9.78 Å². The smallest absolute Gasteiger partial charge is 0.264 e. The second-order valence-electron chi connectivity index (χ2n) is 8.35. The number of rotatable bonds is 3. The highest BCUT2D eigenvalue weighted by molar-refractivity contribution is 5.96. The van der Waals surface area contributed by atoms with Crippen LogP contribution in [0.5, 0.6) is 0 Å². The molecule has 160 valence electrons. The number of alkyl halides is 2. The molecule has 2 aromatic carbocycles. The van der Waals surface area contributed by atoms with E-state index in [2.05, 4.69) is 15.3 Å². The molecule has 0 aliphatic carbocycles. The van der Waals surface area contributed by atoms with Crippen LogP contribution in [0.4, 0.5) is 25.8 Å². The largest absolute Gasteiger partial charge is 0.374 e. The number of carbonyl (C=O) groups is 1. The Morgan fingerprint density at radius 1 is 1.19 bits per heavy atom. The Labute approximate surface area is 179 Å². The molecule has 0 radical (unpaired) electrons. The predicted molar refractivity (Wildman–Crippen MR) is 117 cm³/mol. The number of Topliss-reactive ketones (excluding diaryl/α,β-unsaturated/α-hetero) is 1. The van der Waals surface area contributed by atoms with E-state index in [-0.39, 0.29) is 17.4 Å². The van der Waals surface area contributed by atoms with Crippen LogP contribution in [0.2, 0.25) is 0 Å². The zero-order chi connectivity index (χ0) is 21.7. The molecule has 0 saturated carbocycles. The van der Waals surface area contributed by atoms with Crippen molar-refractivity contribution in [2.75, 3.05) is 16.8 Å². The van der Waals surface area contributed by atoms with Gasteiger partial charge in [-0.05, 0) is 54.7 Å². The summed E-state index contributed by atoms with van der Waals surface area (Å²) in [6.45, 7) is 2.60. The predicted octanol–water partition coefficient (Wildman–Crippen LogP) is 5.03. The lowest BCUT2D eigenvalue weighted by molar-refractivity contribution is -0.119. The summed E-state index contributed by atoms with van der Waals surface area (Å²) >= 11 is 0. The SMILES string of the molecule is C[C@H]1Nc2c(cccc2N2CCCc3cc(-c4cnn(C)c4)c(C(F)F)cc32)CC1=O. The summed E-state index contributed by atoms with van der Waals surface area (Å²) in [5.74, 6) is 0.157. The zero-order valence-electron chi connectivity index (χ0n) is 17.5. The van der Waals surface area contributed by atoms with Crippen molar-refractivity contribution < 1.29 is 13.6 Å². The van der Waals surface area contributed by atoms with Crippen LogP contribution in [0.25, 0.3) is 11.1 Å².